The Kier molecular flexibility index (Phi) is 7.69. The zero-order valence-electron chi connectivity index (χ0n) is 13.6. The van der Waals surface area contributed by atoms with Gasteiger partial charge < -0.3 is 15.4 Å². The number of amides is 1. The first-order chi connectivity index (χ1) is 10.1. The Hall–Kier alpha value is -1.26. The molecular formula is C17H27ClN2O2. The molecule has 1 heterocycles. The summed E-state index contributed by atoms with van der Waals surface area (Å²) in [5.74, 6) is 1.24. The lowest BCUT2D eigenvalue weighted by Gasteiger charge is -2.27. The van der Waals surface area contributed by atoms with Crippen molar-refractivity contribution in [3.8, 4) is 5.75 Å². The second kappa shape index (κ2) is 9.01. The van der Waals surface area contributed by atoms with Crippen molar-refractivity contribution in [1.29, 1.82) is 0 Å². The molecule has 1 aromatic rings. The maximum absolute atomic E-state index is 12.2. The standard InChI is InChI=1S/C17H26N2O2.ClH/c1-12-4-5-16(21-3)14(10-12)6-9-19-17(20)15-7-8-18-13(2)11-15;/h4-5,10,13,15,18H,6-9,11H2,1-3H3,(H,19,20);1H/t13-,15-;/m0./s1. The van der Waals surface area contributed by atoms with Crippen LogP contribution in [0.25, 0.3) is 0 Å². The average molecular weight is 327 g/mol. The Morgan fingerprint density at radius 2 is 2.23 bits per heavy atom. The third-order valence-electron chi connectivity index (χ3n) is 4.12. The van der Waals surface area contributed by atoms with E-state index in [1.165, 1.54) is 5.56 Å². The molecular weight excluding hydrogens is 300 g/mol. The minimum atomic E-state index is 0. The lowest BCUT2D eigenvalue weighted by Crippen LogP contribution is -2.42. The zero-order chi connectivity index (χ0) is 15.2. The molecule has 5 heteroatoms. The van der Waals surface area contributed by atoms with Crippen LogP contribution in [0.3, 0.4) is 0 Å². The zero-order valence-corrected chi connectivity index (χ0v) is 14.5. The lowest BCUT2D eigenvalue weighted by atomic mass is 9.92. The highest BCUT2D eigenvalue weighted by Crippen LogP contribution is 2.20. The second-order valence-electron chi connectivity index (χ2n) is 5.93. The van der Waals surface area contributed by atoms with Gasteiger partial charge in [0.05, 0.1) is 7.11 Å². The highest BCUT2D eigenvalue weighted by atomic mass is 35.5. The summed E-state index contributed by atoms with van der Waals surface area (Å²) in [5.41, 5.74) is 2.36. The molecule has 2 atom stereocenters. The van der Waals surface area contributed by atoms with E-state index in [2.05, 4.69) is 30.5 Å². The normalized spacial score (nSPS) is 20.9. The third kappa shape index (κ3) is 5.18. The minimum Gasteiger partial charge on any atom is -0.496 e. The Bertz CT molecular complexity index is 494. The number of hydrogen-bond donors (Lipinski definition) is 2. The summed E-state index contributed by atoms with van der Waals surface area (Å²) in [4.78, 5) is 12.2. The van der Waals surface area contributed by atoms with Crippen LogP contribution in [0, 0.1) is 12.8 Å². The first-order valence-electron chi connectivity index (χ1n) is 7.74. The Morgan fingerprint density at radius 1 is 1.45 bits per heavy atom. The predicted octanol–water partition coefficient (Wildman–Crippen LogP) is 2.47. The number of carbonyl (C=O) groups is 1. The number of ether oxygens (including phenoxy) is 1. The van der Waals surface area contributed by atoms with Crippen LogP contribution in [0.4, 0.5) is 0 Å². The summed E-state index contributed by atoms with van der Waals surface area (Å²) >= 11 is 0. The number of rotatable bonds is 5. The summed E-state index contributed by atoms with van der Waals surface area (Å²) < 4.78 is 5.37. The lowest BCUT2D eigenvalue weighted by molar-refractivity contribution is -0.126. The maximum Gasteiger partial charge on any atom is 0.223 e. The summed E-state index contributed by atoms with van der Waals surface area (Å²) in [5, 5.41) is 6.44. The molecule has 1 aliphatic rings. The van der Waals surface area contributed by atoms with E-state index in [4.69, 9.17) is 4.74 Å². The van der Waals surface area contributed by atoms with E-state index in [0.717, 1.165) is 37.1 Å². The molecule has 2 N–H and O–H groups in total. The van der Waals surface area contributed by atoms with Crippen molar-refractivity contribution in [2.24, 2.45) is 5.92 Å². The van der Waals surface area contributed by atoms with Gasteiger partial charge in [-0.3, -0.25) is 4.79 Å². The van der Waals surface area contributed by atoms with Crippen molar-refractivity contribution >= 4 is 18.3 Å². The Labute approximate surface area is 139 Å². The number of halogens is 1. The number of hydrogen-bond acceptors (Lipinski definition) is 3. The van der Waals surface area contributed by atoms with Gasteiger partial charge in [-0.1, -0.05) is 17.7 Å². The van der Waals surface area contributed by atoms with Crippen molar-refractivity contribution in [1.82, 2.24) is 10.6 Å². The topological polar surface area (TPSA) is 50.4 Å². The molecule has 1 amide bonds. The van der Waals surface area contributed by atoms with Crippen LogP contribution in [0.1, 0.15) is 30.9 Å². The van der Waals surface area contributed by atoms with Crippen LogP contribution < -0.4 is 15.4 Å². The van der Waals surface area contributed by atoms with Gasteiger partial charge in [0.2, 0.25) is 5.91 Å². The maximum atomic E-state index is 12.2. The van der Waals surface area contributed by atoms with Crippen LogP contribution in [0.2, 0.25) is 0 Å². The van der Waals surface area contributed by atoms with E-state index in [1.54, 1.807) is 7.11 Å². The summed E-state index contributed by atoms with van der Waals surface area (Å²) in [7, 11) is 1.68. The second-order valence-corrected chi connectivity index (χ2v) is 5.93. The van der Waals surface area contributed by atoms with E-state index in [1.807, 2.05) is 12.1 Å². The molecule has 1 saturated heterocycles. The van der Waals surface area contributed by atoms with Crippen molar-refractivity contribution in [3.05, 3.63) is 29.3 Å². The fourth-order valence-corrected chi connectivity index (χ4v) is 2.94. The van der Waals surface area contributed by atoms with Gasteiger partial charge in [-0.15, -0.1) is 12.4 Å². The van der Waals surface area contributed by atoms with E-state index >= 15 is 0 Å². The predicted molar refractivity (Wildman–Crippen MR) is 91.9 cm³/mol. The molecule has 4 nitrogen and oxygen atoms in total. The summed E-state index contributed by atoms with van der Waals surface area (Å²) in [6.07, 6.45) is 2.67. The number of piperidine rings is 1. The molecule has 0 bridgehead atoms. The van der Waals surface area contributed by atoms with Gasteiger partial charge in [0.25, 0.3) is 0 Å². The molecule has 0 aromatic heterocycles. The minimum absolute atomic E-state index is 0. The number of benzene rings is 1. The quantitative estimate of drug-likeness (QED) is 0.874. The molecule has 1 aliphatic heterocycles. The molecule has 0 spiro atoms. The first-order valence-corrected chi connectivity index (χ1v) is 7.74. The van der Waals surface area contributed by atoms with E-state index in [9.17, 15) is 4.79 Å². The van der Waals surface area contributed by atoms with Crippen molar-refractivity contribution < 1.29 is 9.53 Å². The molecule has 124 valence electrons. The van der Waals surface area contributed by atoms with Gasteiger partial charge in [-0.05, 0) is 51.3 Å². The van der Waals surface area contributed by atoms with Gasteiger partial charge in [-0.2, -0.15) is 0 Å². The summed E-state index contributed by atoms with van der Waals surface area (Å²) in [6.45, 7) is 5.80. The molecule has 0 aliphatic carbocycles. The monoisotopic (exact) mass is 326 g/mol. The van der Waals surface area contributed by atoms with Crippen molar-refractivity contribution in [2.75, 3.05) is 20.2 Å². The SMILES string of the molecule is COc1ccc(C)cc1CCNC(=O)[C@H]1CCN[C@@H](C)C1.Cl. The van der Waals surface area contributed by atoms with Crippen LogP contribution in [0.5, 0.6) is 5.75 Å². The van der Waals surface area contributed by atoms with Crippen LogP contribution >= 0.6 is 12.4 Å². The molecule has 22 heavy (non-hydrogen) atoms. The molecule has 0 radical (unpaired) electrons. The highest BCUT2D eigenvalue weighted by molar-refractivity contribution is 5.85. The Morgan fingerprint density at radius 3 is 2.91 bits per heavy atom. The first kappa shape index (κ1) is 18.8. The summed E-state index contributed by atoms with van der Waals surface area (Å²) in [6, 6.07) is 6.59. The van der Waals surface area contributed by atoms with E-state index in [0.29, 0.717) is 12.6 Å². The third-order valence-corrected chi connectivity index (χ3v) is 4.12. The molecule has 0 unspecified atom stereocenters. The van der Waals surface area contributed by atoms with Gasteiger partial charge in [-0.25, -0.2) is 0 Å². The number of carbonyl (C=O) groups excluding carboxylic acids is 1. The molecule has 2 rings (SSSR count). The highest BCUT2D eigenvalue weighted by Gasteiger charge is 2.24. The van der Waals surface area contributed by atoms with Crippen LogP contribution in [0.15, 0.2) is 18.2 Å². The van der Waals surface area contributed by atoms with E-state index in [-0.39, 0.29) is 24.2 Å². The number of nitrogens with one attached hydrogen (secondary N) is 2. The molecule has 1 aromatic carbocycles. The van der Waals surface area contributed by atoms with Crippen LogP contribution in [-0.4, -0.2) is 32.1 Å². The van der Waals surface area contributed by atoms with Crippen molar-refractivity contribution in [2.45, 2.75) is 39.2 Å². The number of methoxy groups -OCH3 is 1. The van der Waals surface area contributed by atoms with Gasteiger partial charge in [0.1, 0.15) is 5.75 Å². The van der Waals surface area contributed by atoms with Gasteiger partial charge in [0, 0.05) is 18.5 Å². The molecule has 1 fully saturated rings. The van der Waals surface area contributed by atoms with Gasteiger partial charge >= 0.3 is 0 Å². The Balaban J connectivity index is 0.00000242. The van der Waals surface area contributed by atoms with Crippen molar-refractivity contribution in [3.63, 3.8) is 0 Å². The van der Waals surface area contributed by atoms with Crippen LogP contribution in [-0.2, 0) is 11.2 Å². The van der Waals surface area contributed by atoms with E-state index < -0.39 is 0 Å². The smallest absolute Gasteiger partial charge is 0.223 e. The average Bonchev–Trinajstić information content (AvgIpc) is 2.47. The fourth-order valence-electron chi connectivity index (χ4n) is 2.94. The van der Waals surface area contributed by atoms with Gasteiger partial charge in [0.15, 0.2) is 0 Å². The molecule has 0 saturated carbocycles. The fraction of sp³-hybridized carbons (Fsp3) is 0.588. The number of aryl methyl sites for hydroxylation is 1. The largest absolute Gasteiger partial charge is 0.496 e.